The molecular weight excluding hydrogens is 286 g/mol. The monoisotopic (exact) mass is 305 g/mol. The normalized spacial score (nSPS) is 10.4. The Kier molecular flexibility index (Phi) is 5.83. The lowest BCUT2D eigenvalue weighted by molar-refractivity contribution is 0.276. The van der Waals surface area contributed by atoms with Crippen LogP contribution in [0.25, 0.3) is 0 Å². The van der Waals surface area contributed by atoms with Crippen LogP contribution in [-0.4, -0.2) is 27.9 Å². The maximum Gasteiger partial charge on any atom is 0.225 e. The first-order valence-corrected chi connectivity index (χ1v) is 8.02. The van der Waals surface area contributed by atoms with Gasteiger partial charge in [-0.05, 0) is 18.7 Å². The summed E-state index contributed by atoms with van der Waals surface area (Å²) in [5.74, 6) is 1.81. The predicted octanol–water partition coefficient (Wildman–Crippen LogP) is 3.31. The molecule has 1 aromatic heterocycles. The van der Waals surface area contributed by atoms with E-state index >= 15 is 0 Å². The van der Waals surface area contributed by atoms with Gasteiger partial charge in [0.05, 0.1) is 6.61 Å². The molecule has 0 atom stereocenters. The Morgan fingerprint density at radius 2 is 2.10 bits per heavy atom. The summed E-state index contributed by atoms with van der Waals surface area (Å²) in [4.78, 5) is 8.72. The number of aromatic nitrogens is 2. The van der Waals surface area contributed by atoms with Crippen LogP contribution in [0.15, 0.2) is 35.5 Å². The molecule has 0 aliphatic heterocycles. The van der Waals surface area contributed by atoms with Crippen LogP contribution in [-0.2, 0) is 6.61 Å². The number of aliphatic hydroxyl groups is 1. The molecule has 6 heteroatoms. The molecule has 0 bridgehead atoms. The van der Waals surface area contributed by atoms with E-state index in [1.807, 2.05) is 30.5 Å². The molecule has 1 heterocycles. The number of ether oxygens (including phenoxy) is 1. The first-order valence-electron chi connectivity index (χ1n) is 6.80. The van der Waals surface area contributed by atoms with Crippen molar-refractivity contribution in [3.05, 3.63) is 35.9 Å². The lowest BCUT2D eigenvalue weighted by Gasteiger charge is -2.11. The van der Waals surface area contributed by atoms with E-state index in [0.29, 0.717) is 16.8 Å². The van der Waals surface area contributed by atoms with Crippen LogP contribution < -0.4 is 10.1 Å². The number of hydrogen-bond acceptors (Lipinski definition) is 6. The first kappa shape index (κ1) is 15.6. The van der Waals surface area contributed by atoms with Gasteiger partial charge in [0.1, 0.15) is 11.6 Å². The van der Waals surface area contributed by atoms with Crippen molar-refractivity contribution in [3.63, 3.8) is 0 Å². The Morgan fingerprint density at radius 3 is 2.81 bits per heavy atom. The number of anilines is 1. The first-order chi connectivity index (χ1) is 10.3. The summed E-state index contributed by atoms with van der Waals surface area (Å²) in [6.07, 6.45) is 2.94. The third-order valence-electron chi connectivity index (χ3n) is 2.78. The van der Waals surface area contributed by atoms with Crippen molar-refractivity contribution in [3.8, 4) is 11.6 Å². The average Bonchev–Trinajstić information content (AvgIpc) is 2.53. The zero-order valence-electron chi connectivity index (χ0n) is 12.2. The summed E-state index contributed by atoms with van der Waals surface area (Å²) in [6, 6.07) is 9.12. The maximum absolute atomic E-state index is 9.34. The minimum Gasteiger partial charge on any atom is -0.438 e. The van der Waals surface area contributed by atoms with Crippen LogP contribution >= 0.6 is 11.8 Å². The Hall–Kier alpha value is -1.79. The summed E-state index contributed by atoms with van der Waals surface area (Å²) in [6.45, 7) is 2.87. The summed E-state index contributed by atoms with van der Waals surface area (Å²) in [5, 5.41) is 13.2. The lowest BCUT2D eigenvalue weighted by Crippen LogP contribution is -2.04. The van der Waals surface area contributed by atoms with Crippen LogP contribution in [0.3, 0.4) is 0 Å². The van der Waals surface area contributed by atoms with Gasteiger partial charge >= 0.3 is 0 Å². The summed E-state index contributed by atoms with van der Waals surface area (Å²) in [5.41, 5.74) is 0.727. The van der Waals surface area contributed by atoms with Crippen LogP contribution in [0.2, 0.25) is 0 Å². The van der Waals surface area contributed by atoms with E-state index in [0.717, 1.165) is 24.3 Å². The SMILES string of the molecule is CCCNc1cc(Oc2ccccc2CO)nc(SC)n1. The fraction of sp³-hybridized carbons (Fsp3) is 0.333. The van der Waals surface area contributed by atoms with E-state index in [9.17, 15) is 5.11 Å². The molecule has 0 saturated carbocycles. The standard InChI is InChI=1S/C15H19N3O2S/c1-3-8-16-13-9-14(18-15(17-13)21-2)20-12-7-5-4-6-11(12)10-19/h4-7,9,19H,3,8,10H2,1-2H3,(H,16,17,18). The molecule has 2 rings (SSSR count). The van der Waals surface area contributed by atoms with Gasteiger partial charge in [-0.25, -0.2) is 4.98 Å². The van der Waals surface area contributed by atoms with Crippen molar-refractivity contribution in [2.75, 3.05) is 18.1 Å². The molecule has 0 aliphatic rings. The number of rotatable bonds is 7. The fourth-order valence-electron chi connectivity index (χ4n) is 1.74. The molecule has 112 valence electrons. The number of benzene rings is 1. The van der Waals surface area contributed by atoms with E-state index in [1.54, 1.807) is 6.07 Å². The Morgan fingerprint density at radius 1 is 1.29 bits per heavy atom. The van der Waals surface area contributed by atoms with Crippen molar-refractivity contribution in [1.82, 2.24) is 9.97 Å². The molecule has 2 aromatic rings. The molecule has 5 nitrogen and oxygen atoms in total. The molecule has 0 amide bonds. The van der Waals surface area contributed by atoms with E-state index < -0.39 is 0 Å². The number of aliphatic hydroxyl groups excluding tert-OH is 1. The largest absolute Gasteiger partial charge is 0.438 e. The second kappa shape index (κ2) is 7.85. The van der Waals surface area contributed by atoms with Gasteiger partial charge < -0.3 is 15.2 Å². The van der Waals surface area contributed by atoms with E-state index in [1.165, 1.54) is 11.8 Å². The van der Waals surface area contributed by atoms with Gasteiger partial charge in [-0.2, -0.15) is 4.98 Å². The molecule has 0 saturated heterocycles. The number of para-hydroxylation sites is 1. The highest BCUT2D eigenvalue weighted by molar-refractivity contribution is 7.98. The van der Waals surface area contributed by atoms with Crippen molar-refractivity contribution < 1.29 is 9.84 Å². The molecule has 0 aliphatic carbocycles. The second-order valence-corrected chi connectivity index (χ2v) is 5.15. The number of nitrogens with one attached hydrogen (secondary N) is 1. The van der Waals surface area contributed by atoms with Crippen LogP contribution in [0, 0.1) is 0 Å². The van der Waals surface area contributed by atoms with Crippen molar-refractivity contribution in [2.45, 2.75) is 25.1 Å². The average molecular weight is 305 g/mol. The van der Waals surface area contributed by atoms with Crippen LogP contribution in [0.1, 0.15) is 18.9 Å². The van der Waals surface area contributed by atoms with Gasteiger partial charge in [-0.3, -0.25) is 0 Å². The molecule has 0 unspecified atom stereocenters. The van der Waals surface area contributed by atoms with E-state index in [2.05, 4.69) is 22.2 Å². The highest BCUT2D eigenvalue weighted by Crippen LogP contribution is 2.26. The fourth-order valence-corrected chi connectivity index (χ4v) is 2.11. The number of nitrogens with zero attached hydrogens (tertiary/aromatic N) is 2. The Balaban J connectivity index is 2.25. The van der Waals surface area contributed by atoms with Crippen molar-refractivity contribution in [1.29, 1.82) is 0 Å². The van der Waals surface area contributed by atoms with Crippen LogP contribution in [0.5, 0.6) is 11.6 Å². The quantitative estimate of drug-likeness (QED) is 0.604. The predicted molar refractivity (Wildman–Crippen MR) is 85.0 cm³/mol. The molecule has 0 radical (unpaired) electrons. The summed E-state index contributed by atoms with van der Waals surface area (Å²) >= 11 is 1.46. The van der Waals surface area contributed by atoms with Gasteiger partial charge in [0.15, 0.2) is 5.16 Å². The van der Waals surface area contributed by atoms with Crippen molar-refractivity contribution >= 4 is 17.6 Å². The molecule has 0 fully saturated rings. The Labute approximate surface area is 128 Å². The van der Waals surface area contributed by atoms with Gasteiger partial charge in [0.25, 0.3) is 0 Å². The van der Waals surface area contributed by atoms with Crippen LogP contribution in [0.4, 0.5) is 5.82 Å². The molecular formula is C15H19N3O2S. The molecule has 1 aromatic carbocycles. The highest BCUT2D eigenvalue weighted by Gasteiger charge is 2.08. The third-order valence-corrected chi connectivity index (χ3v) is 3.33. The third kappa shape index (κ3) is 4.34. The Bertz CT molecular complexity index is 593. The topological polar surface area (TPSA) is 67.3 Å². The number of hydrogen-bond donors (Lipinski definition) is 2. The maximum atomic E-state index is 9.34. The lowest BCUT2D eigenvalue weighted by atomic mass is 10.2. The smallest absolute Gasteiger partial charge is 0.225 e. The zero-order chi connectivity index (χ0) is 15.1. The second-order valence-electron chi connectivity index (χ2n) is 4.37. The number of thioether (sulfide) groups is 1. The minimum atomic E-state index is -0.0718. The van der Waals surface area contributed by atoms with Crippen molar-refractivity contribution in [2.24, 2.45) is 0 Å². The van der Waals surface area contributed by atoms with Gasteiger partial charge in [-0.15, -0.1) is 0 Å². The molecule has 2 N–H and O–H groups in total. The molecule has 0 spiro atoms. The summed E-state index contributed by atoms with van der Waals surface area (Å²) in [7, 11) is 0. The molecule has 21 heavy (non-hydrogen) atoms. The highest BCUT2D eigenvalue weighted by atomic mass is 32.2. The van der Waals surface area contributed by atoms with Gasteiger partial charge in [0, 0.05) is 18.2 Å². The summed E-state index contributed by atoms with van der Waals surface area (Å²) < 4.78 is 5.80. The van der Waals surface area contributed by atoms with E-state index in [4.69, 9.17) is 4.74 Å². The van der Waals surface area contributed by atoms with Gasteiger partial charge in [0.2, 0.25) is 5.88 Å². The van der Waals surface area contributed by atoms with Gasteiger partial charge in [-0.1, -0.05) is 36.9 Å². The minimum absolute atomic E-state index is 0.0718. The van der Waals surface area contributed by atoms with E-state index in [-0.39, 0.29) is 6.61 Å². The zero-order valence-corrected chi connectivity index (χ0v) is 13.0.